The molecule has 0 saturated carbocycles. The van der Waals surface area contributed by atoms with Crippen molar-refractivity contribution in [3.8, 4) is 5.75 Å². The number of ether oxygens (including phenoxy) is 1. The highest BCUT2D eigenvalue weighted by Gasteiger charge is 1.93. The summed E-state index contributed by atoms with van der Waals surface area (Å²) in [5.41, 5.74) is 3.70. The zero-order valence-corrected chi connectivity index (χ0v) is 11.9. The van der Waals surface area contributed by atoms with Crippen LogP contribution in [0.25, 0.3) is 0 Å². The van der Waals surface area contributed by atoms with Gasteiger partial charge in [0.15, 0.2) is 5.11 Å². The Bertz CT molecular complexity index is 429. The van der Waals surface area contributed by atoms with Gasteiger partial charge in [-0.15, -0.1) is 6.58 Å². The van der Waals surface area contributed by atoms with Crippen LogP contribution in [-0.2, 0) is 0 Å². The molecule has 0 aromatic heterocycles. The summed E-state index contributed by atoms with van der Waals surface area (Å²) < 4.78 is 5.50. The van der Waals surface area contributed by atoms with Crippen LogP contribution in [0.15, 0.2) is 42.0 Å². The van der Waals surface area contributed by atoms with E-state index in [1.807, 2.05) is 24.3 Å². The SMILES string of the molecule is C=CCNC(=S)N/N=C\c1ccc(OCCC)cc1. The molecule has 5 heteroatoms. The molecule has 4 nitrogen and oxygen atoms in total. The van der Waals surface area contributed by atoms with Crippen LogP contribution < -0.4 is 15.5 Å². The zero-order chi connectivity index (χ0) is 13.9. The molecule has 1 rings (SSSR count). The first-order valence-corrected chi connectivity index (χ1v) is 6.57. The standard InChI is InChI=1S/C14H19N3OS/c1-3-9-15-14(19)17-16-11-12-5-7-13(8-6-12)18-10-4-2/h3,5-8,11H,1,4,9-10H2,2H3,(H2,15,17,19)/b16-11-. The van der Waals surface area contributed by atoms with Crippen LogP contribution in [0, 0.1) is 0 Å². The van der Waals surface area contributed by atoms with Crippen molar-refractivity contribution >= 4 is 23.5 Å². The van der Waals surface area contributed by atoms with Gasteiger partial charge in [0, 0.05) is 6.54 Å². The lowest BCUT2D eigenvalue weighted by molar-refractivity contribution is 0.317. The number of nitrogens with one attached hydrogen (secondary N) is 2. The van der Waals surface area contributed by atoms with E-state index in [-0.39, 0.29) is 0 Å². The molecule has 0 atom stereocenters. The van der Waals surface area contributed by atoms with Gasteiger partial charge in [-0.2, -0.15) is 5.10 Å². The molecule has 1 aromatic carbocycles. The number of hydrogen-bond donors (Lipinski definition) is 2. The lowest BCUT2D eigenvalue weighted by atomic mass is 10.2. The summed E-state index contributed by atoms with van der Waals surface area (Å²) in [6, 6.07) is 7.73. The van der Waals surface area contributed by atoms with Crippen molar-refractivity contribution in [2.45, 2.75) is 13.3 Å². The highest BCUT2D eigenvalue weighted by atomic mass is 32.1. The van der Waals surface area contributed by atoms with Gasteiger partial charge in [-0.25, -0.2) is 0 Å². The Labute approximate surface area is 119 Å². The quantitative estimate of drug-likeness (QED) is 0.348. The molecule has 0 aliphatic heterocycles. The largest absolute Gasteiger partial charge is 0.494 e. The van der Waals surface area contributed by atoms with Crippen LogP contribution in [0.4, 0.5) is 0 Å². The van der Waals surface area contributed by atoms with E-state index in [2.05, 4.69) is 29.3 Å². The Hall–Kier alpha value is -1.88. The maximum absolute atomic E-state index is 5.50. The third-order valence-electron chi connectivity index (χ3n) is 2.14. The van der Waals surface area contributed by atoms with E-state index >= 15 is 0 Å². The molecule has 2 N–H and O–H groups in total. The minimum Gasteiger partial charge on any atom is -0.494 e. The fourth-order valence-corrected chi connectivity index (χ4v) is 1.38. The summed E-state index contributed by atoms with van der Waals surface area (Å²) in [6.07, 6.45) is 4.43. The molecular formula is C14H19N3OS. The molecule has 0 spiro atoms. The van der Waals surface area contributed by atoms with Crippen molar-refractivity contribution in [1.29, 1.82) is 0 Å². The normalized spacial score (nSPS) is 10.2. The number of hydrazone groups is 1. The molecule has 0 bridgehead atoms. The van der Waals surface area contributed by atoms with Gasteiger partial charge < -0.3 is 10.1 Å². The highest BCUT2D eigenvalue weighted by molar-refractivity contribution is 7.80. The van der Waals surface area contributed by atoms with Crippen molar-refractivity contribution in [2.75, 3.05) is 13.2 Å². The molecule has 0 radical (unpaired) electrons. The van der Waals surface area contributed by atoms with Crippen molar-refractivity contribution in [2.24, 2.45) is 5.10 Å². The molecule has 0 amide bonds. The van der Waals surface area contributed by atoms with E-state index in [4.69, 9.17) is 17.0 Å². The maximum Gasteiger partial charge on any atom is 0.187 e. The van der Waals surface area contributed by atoms with Crippen LogP contribution in [0.2, 0.25) is 0 Å². The molecule has 0 unspecified atom stereocenters. The summed E-state index contributed by atoms with van der Waals surface area (Å²) in [4.78, 5) is 0. The number of hydrogen-bond acceptors (Lipinski definition) is 3. The van der Waals surface area contributed by atoms with Crippen LogP contribution in [0.1, 0.15) is 18.9 Å². The number of benzene rings is 1. The van der Waals surface area contributed by atoms with E-state index in [0.29, 0.717) is 11.7 Å². The fraction of sp³-hybridized carbons (Fsp3) is 0.286. The first kappa shape index (κ1) is 15.2. The summed E-state index contributed by atoms with van der Waals surface area (Å²) >= 11 is 5.00. The summed E-state index contributed by atoms with van der Waals surface area (Å²) in [5, 5.41) is 7.42. The second kappa shape index (κ2) is 9.10. The Balaban J connectivity index is 2.39. The van der Waals surface area contributed by atoms with Crippen LogP contribution in [0.3, 0.4) is 0 Å². The minimum absolute atomic E-state index is 0.471. The van der Waals surface area contributed by atoms with Gasteiger partial charge in [-0.05, 0) is 48.5 Å². The van der Waals surface area contributed by atoms with Gasteiger partial charge in [0.05, 0.1) is 12.8 Å². The first-order chi connectivity index (χ1) is 9.26. The topological polar surface area (TPSA) is 45.7 Å². The van der Waals surface area contributed by atoms with Crippen molar-refractivity contribution in [3.05, 3.63) is 42.5 Å². The number of rotatable bonds is 7. The van der Waals surface area contributed by atoms with Gasteiger partial charge >= 0.3 is 0 Å². The summed E-state index contributed by atoms with van der Waals surface area (Å²) in [6.45, 7) is 7.02. The average Bonchev–Trinajstić information content (AvgIpc) is 2.44. The third kappa shape index (κ3) is 6.57. The van der Waals surface area contributed by atoms with E-state index in [1.165, 1.54) is 0 Å². The molecule has 0 heterocycles. The zero-order valence-electron chi connectivity index (χ0n) is 11.1. The van der Waals surface area contributed by atoms with Crippen LogP contribution in [0.5, 0.6) is 5.75 Å². The molecule has 0 saturated heterocycles. The Morgan fingerprint density at radius 2 is 2.16 bits per heavy atom. The highest BCUT2D eigenvalue weighted by Crippen LogP contribution is 2.11. The summed E-state index contributed by atoms with van der Waals surface area (Å²) in [5.74, 6) is 0.870. The van der Waals surface area contributed by atoms with Gasteiger partial charge in [-0.3, -0.25) is 5.43 Å². The van der Waals surface area contributed by atoms with Gasteiger partial charge in [0.1, 0.15) is 5.75 Å². The van der Waals surface area contributed by atoms with E-state index < -0.39 is 0 Å². The lowest BCUT2D eigenvalue weighted by Crippen LogP contribution is -2.31. The van der Waals surface area contributed by atoms with Crippen molar-refractivity contribution in [3.63, 3.8) is 0 Å². The molecule has 0 aliphatic carbocycles. The van der Waals surface area contributed by atoms with E-state index in [1.54, 1.807) is 12.3 Å². The predicted molar refractivity (Wildman–Crippen MR) is 83.8 cm³/mol. The third-order valence-corrected chi connectivity index (χ3v) is 2.38. The minimum atomic E-state index is 0.471. The lowest BCUT2D eigenvalue weighted by Gasteiger charge is -2.04. The predicted octanol–water partition coefficient (Wildman–Crippen LogP) is 2.46. The number of nitrogens with zero attached hydrogens (tertiary/aromatic N) is 1. The van der Waals surface area contributed by atoms with Gasteiger partial charge in [0.2, 0.25) is 0 Å². The Morgan fingerprint density at radius 1 is 1.42 bits per heavy atom. The molecule has 0 aliphatic rings. The average molecular weight is 277 g/mol. The fourth-order valence-electron chi connectivity index (χ4n) is 1.24. The van der Waals surface area contributed by atoms with Crippen molar-refractivity contribution in [1.82, 2.24) is 10.7 Å². The van der Waals surface area contributed by atoms with E-state index in [0.717, 1.165) is 24.3 Å². The van der Waals surface area contributed by atoms with Gasteiger partial charge in [-0.1, -0.05) is 13.0 Å². The first-order valence-electron chi connectivity index (χ1n) is 6.17. The molecule has 102 valence electrons. The van der Waals surface area contributed by atoms with Gasteiger partial charge in [0.25, 0.3) is 0 Å². The molecule has 1 aromatic rings. The number of thiocarbonyl (C=S) groups is 1. The van der Waals surface area contributed by atoms with Crippen molar-refractivity contribution < 1.29 is 4.74 Å². The molecular weight excluding hydrogens is 258 g/mol. The second-order valence-corrected chi connectivity index (χ2v) is 4.19. The smallest absolute Gasteiger partial charge is 0.187 e. The second-order valence-electron chi connectivity index (χ2n) is 3.79. The Kier molecular flexibility index (Phi) is 7.27. The molecule has 0 fully saturated rings. The maximum atomic E-state index is 5.50. The Morgan fingerprint density at radius 3 is 2.79 bits per heavy atom. The van der Waals surface area contributed by atoms with Crippen LogP contribution in [-0.4, -0.2) is 24.5 Å². The monoisotopic (exact) mass is 277 g/mol. The summed E-state index contributed by atoms with van der Waals surface area (Å²) in [7, 11) is 0. The van der Waals surface area contributed by atoms with Crippen LogP contribution >= 0.6 is 12.2 Å². The molecule has 19 heavy (non-hydrogen) atoms. The van der Waals surface area contributed by atoms with E-state index in [9.17, 15) is 0 Å².